The highest BCUT2D eigenvalue weighted by Crippen LogP contribution is 2.12. The molecule has 1 atom stereocenters. The van der Waals surface area contributed by atoms with Crippen LogP contribution in [0.3, 0.4) is 0 Å². The molecule has 1 aromatic heterocycles. The predicted molar refractivity (Wildman–Crippen MR) is 88.4 cm³/mol. The molecule has 0 aliphatic carbocycles. The zero-order chi connectivity index (χ0) is 16.2. The zero-order valence-corrected chi connectivity index (χ0v) is 13.1. The average molecular weight is 306 g/mol. The van der Waals surface area contributed by atoms with Gasteiger partial charge in [0.05, 0.1) is 17.9 Å². The molecule has 0 spiro atoms. The van der Waals surface area contributed by atoms with Gasteiger partial charge in [-0.05, 0) is 31.5 Å². The van der Waals surface area contributed by atoms with Gasteiger partial charge in [-0.2, -0.15) is 0 Å². The van der Waals surface area contributed by atoms with Crippen LogP contribution in [0.5, 0.6) is 0 Å². The quantitative estimate of drug-likeness (QED) is 0.806. The van der Waals surface area contributed by atoms with Crippen molar-refractivity contribution in [2.24, 2.45) is 0 Å². The minimum absolute atomic E-state index is 0.0896. The summed E-state index contributed by atoms with van der Waals surface area (Å²) in [6, 6.07) is 17.6. The summed E-state index contributed by atoms with van der Waals surface area (Å²) in [6.07, 6.45) is 1.64. The SMILES string of the molecule is Cc1ccc(-n2cc(C(=O)N[C@H](C)c3ccccc3)nn2)cc1. The lowest BCUT2D eigenvalue weighted by molar-refractivity contribution is 0.0935. The Morgan fingerprint density at radius 1 is 1.09 bits per heavy atom. The number of hydrogen-bond acceptors (Lipinski definition) is 3. The fourth-order valence-corrected chi connectivity index (χ4v) is 2.29. The van der Waals surface area contributed by atoms with E-state index < -0.39 is 0 Å². The van der Waals surface area contributed by atoms with Crippen LogP contribution in [0, 0.1) is 6.92 Å². The van der Waals surface area contributed by atoms with Crippen LogP contribution in [-0.4, -0.2) is 20.9 Å². The van der Waals surface area contributed by atoms with Crippen LogP contribution in [0.1, 0.15) is 34.6 Å². The van der Waals surface area contributed by atoms with Crippen LogP contribution in [0.25, 0.3) is 5.69 Å². The molecule has 0 unspecified atom stereocenters. The van der Waals surface area contributed by atoms with Gasteiger partial charge < -0.3 is 5.32 Å². The van der Waals surface area contributed by atoms with Crippen LogP contribution in [0.15, 0.2) is 60.8 Å². The molecule has 116 valence electrons. The maximum absolute atomic E-state index is 12.3. The van der Waals surface area contributed by atoms with Crippen molar-refractivity contribution in [2.45, 2.75) is 19.9 Å². The summed E-state index contributed by atoms with van der Waals surface area (Å²) in [7, 11) is 0. The molecule has 5 nitrogen and oxygen atoms in total. The summed E-state index contributed by atoms with van der Waals surface area (Å²) in [6.45, 7) is 3.96. The Bertz CT molecular complexity index is 793. The van der Waals surface area contributed by atoms with E-state index in [2.05, 4.69) is 15.6 Å². The van der Waals surface area contributed by atoms with Crippen molar-refractivity contribution in [3.63, 3.8) is 0 Å². The number of amides is 1. The standard InChI is InChI=1S/C18H18N4O/c1-13-8-10-16(11-9-13)22-12-17(20-21-22)18(23)19-14(2)15-6-4-3-5-7-15/h3-12,14H,1-2H3,(H,19,23)/t14-/m1/s1. The van der Waals surface area contributed by atoms with Crippen molar-refractivity contribution in [1.82, 2.24) is 20.3 Å². The Hall–Kier alpha value is -2.95. The van der Waals surface area contributed by atoms with Crippen LogP contribution >= 0.6 is 0 Å². The van der Waals surface area contributed by atoms with Gasteiger partial charge in [-0.25, -0.2) is 4.68 Å². The van der Waals surface area contributed by atoms with Gasteiger partial charge in [0.1, 0.15) is 0 Å². The number of hydrogen-bond donors (Lipinski definition) is 1. The van der Waals surface area contributed by atoms with Crippen molar-refractivity contribution in [3.8, 4) is 5.69 Å². The van der Waals surface area contributed by atoms with E-state index in [1.54, 1.807) is 10.9 Å². The molecule has 3 aromatic rings. The first-order valence-electron chi connectivity index (χ1n) is 7.48. The number of rotatable bonds is 4. The van der Waals surface area contributed by atoms with E-state index in [0.29, 0.717) is 5.69 Å². The molecule has 0 aliphatic heterocycles. The molecular weight excluding hydrogens is 288 g/mol. The second-order valence-electron chi connectivity index (χ2n) is 5.49. The third-order valence-electron chi connectivity index (χ3n) is 3.67. The minimum atomic E-state index is -0.236. The lowest BCUT2D eigenvalue weighted by atomic mass is 10.1. The largest absolute Gasteiger partial charge is 0.344 e. The smallest absolute Gasteiger partial charge is 0.273 e. The fourth-order valence-electron chi connectivity index (χ4n) is 2.29. The minimum Gasteiger partial charge on any atom is -0.344 e. The van der Waals surface area contributed by atoms with Gasteiger partial charge >= 0.3 is 0 Å². The molecule has 3 rings (SSSR count). The first kappa shape index (κ1) is 15.0. The van der Waals surface area contributed by atoms with Crippen molar-refractivity contribution in [2.75, 3.05) is 0 Å². The number of aryl methyl sites for hydroxylation is 1. The van der Waals surface area contributed by atoms with Crippen molar-refractivity contribution in [1.29, 1.82) is 0 Å². The van der Waals surface area contributed by atoms with Gasteiger partial charge in [0.25, 0.3) is 5.91 Å². The maximum Gasteiger partial charge on any atom is 0.273 e. The molecule has 0 aliphatic rings. The number of nitrogens with zero attached hydrogens (tertiary/aromatic N) is 3. The molecule has 1 N–H and O–H groups in total. The number of benzene rings is 2. The maximum atomic E-state index is 12.3. The van der Waals surface area contributed by atoms with E-state index in [4.69, 9.17) is 0 Å². The predicted octanol–water partition coefficient (Wildman–Crippen LogP) is 3.07. The van der Waals surface area contributed by atoms with E-state index in [1.807, 2.05) is 68.4 Å². The Labute approximate surface area is 135 Å². The molecule has 0 bridgehead atoms. The Morgan fingerprint density at radius 3 is 2.48 bits per heavy atom. The normalized spacial score (nSPS) is 11.9. The van der Waals surface area contributed by atoms with Crippen molar-refractivity contribution >= 4 is 5.91 Å². The molecule has 1 heterocycles. The summed E-state index contributed by atoms with van der Waals surface area (Å²) in [5.74, 6) is -0.236. The summed E-state index contributed by atoms with van der Waals surface area (Å²) < 4.78 is 1.60. The van der Waals surface area contributed by atoms with Crippen LogP contribution in [0.2, 0.25) is 0 Å². The highest BCUT2D eigenvalue weighted by atomic mass is 16.2. The molecule has 5 heteroatoms. The summed E-state index contributed by atoms with van der Waals surface area (Å²) >= 11 is 0. The van der Waals surface area contributed by atoms with Crippen LogP contribution in [-0.2, 0) is 0 Å². The second kappa shape index (κ2) is 6.44. The van der Waals surface area contributed by atoms with E-state index >= 15 is 0 Å². The Balaban J connectivity index is 1.72. The summed E-state index contributed by atoms with van der Waals surface area (Å²) in [4.78, 5) is 12.3. The summed E-state index contributed by atoms with van der Waals surface area (Å²) in [5.41, 5.74) is 3.39. The van der Waals surface area contributed by atoms with E-state index in [0.717, 1.165) is 11.3 Å². The first-order valence-corrected chi connectivity index (χ1v) is 7.48. The van der Waals surface area contributed by atoms with Crippen molar-refractivity contribution < 1.29 is 4.79 Å². The molecular formula is C18H18N4O. The Kier molecular flexibility index (Phi) is 4.19. The third kappa shape index (κ3) is 3.45. The molecule has 0 saturated carbocycles. The zero-order valence-electron chi connectivity index (χ0n) is 13.1. The molecule has 23 heavy (non-hydrogen) atoms. The lowest BCUT2D eigenvalue weighted by Gasteiger charge is -2.12. The van der Waals surface area contributed by atoms with Gasteiger partial charge in [-0.3, -0.25) is 4.79 Å². The first-order chi connectivity index (χ1) is 11.1. The fraction of sp³-hybridized carbons (Fsp3) is 0.167. The van der Waals surface area contributed by atoms with Crippen LogP contribution in [0.4, 0.5) is 0 Å². The summed E-state index contributed by atoms with van der Waals surface area (Å²) in [5, 5.41) is 10.9. The highest BCUT2D eigenvalue weighted by molar-refractivity contribution is 5.92. The van der Waals surface area contributed by atoms with E-state index in [9.17, 15) is 4.79 Å². The topological polar surface area (TPSA) is 59.8 Å². The lowest BCUT2D eigenvalue weighted by Crippen LogP contribution is -2.26. The second-order valence-corrected chi connectivity index (χ2v) is 5.49. The number of carbonyl (C=O) groups is 1. The average Bonchev–Trinajstić information content (AvgIpc) is 3.06. The van der Waals surface area contributed by atoms with Gasteiger partial charge in [0, 0.05) is 0 Å². The molecule has 1 amide bonds. The number of nitrogens with one attached hydrogen (secondary N) is 1. The monoisotopic (exact) mass is 306 g/mol. The number of aromatic nitrogens is 3. The van der Waals surface area contributed by atoms with Crippen molar-refractivity contribution in [3.05, 3.63) is 77.6 Å². The van der Waals surface area contributed by atoms with Gasteiger partial charge in [0.15, 0.2) is 5.69 Å². The molecule has 0 radical (unpaired) electrons. The van der Waals surface area contributed by atoms with E-state index in [-0.39, 0.29) is 11.9 Å². The molecule has 0 fully saturated rings. The number of carbonyl (C=O) groups excluding carboxylic acids is 1. The highest BCUT2D eigenvalue weighted by Gasteiger charge is 2.15. The van der Waals surface area contributed by atoms with E-state index in [1.165, 1.54) is 5.56 Å². The van der Waals surface area contributed by atoms with Crippen LogP contribution < -0.4 is 5.32 Å². The van der Waals surface area contributed by atoms with Gasteiger partial charge in [-0.1, -0.05) is 53.2 Å². The third-order valence-corrected chi connectivity index (χ3v) is 3.67. The van der Waals surface area contributed by atoms with Gasteiger partial charge in [-0.15, -0.1) is 5.10 Å². The molecule has 2 aromatic carbocycles. The van der Waals surface area contributed by atoms with Gasteiger partial charge in [0.2, 0.25) is 0 Å². The Morgan fingerprint density at radius 2 is 1.78 bits per heavy atom. The molecule has 0 saturated heterocycles.